The van der Waals surface area contributed by atoms with Gasteiger partial charge in [0.05, 0.1) is 13.2 Å². The molecule has 2 N–H and O–H groups in total. The Labute approximate surface area is 136 Å². The minimum absolute atomic E-state index is 0.0384. The molecule has 1 unspecified atom stereocenters. The maximum Gasteiger partial charge on any atom is 0.162 e. The van der Waals surface area contributed by atoms with Gasteiger partial charge in [0.25, 0.3) is 0 Å². The van der Waals surface area contributed by atoms with Crippen LogP contribution in [0.1, 0.15) is 57.6 Å². The summed E-state index contributed by atoms with van der Waals surface area (Å²) in [5.74, 6) is 2.16. The van der Waals surface area contributed by atoms with Gasteiger partial charge in [-0.2, -0.15) is 0 Å². The van der Waals surface area contributed by atoms with Gasteiger partial charge in [0, 0.05) is 16.9 Å². The smallest absolute Gasteiger partial charge is 0.162 e. The molecule has 1 aliphatic rings. The summed E-state index contributed by atoms with van der Waals surface area (Å²) in [6.45, 7) is 5.85. The molecule has 0 spiro atoms. The maximum absolute atomic E-state index is 6.56. The van der Waals surface area contributed by atoms with E-state index in [0.717, 1.165) is 40.8 Å². The highest BCUT2D eigenvalue weighted by molar-refractivity contribution is 9.10. The van der Waals surface area contributed by atoms with Crippen molar-refractivity contribution in [3.63, 3.8) is 0 Å². The van der Waals surface area contributed by atoms with E-state index in [9.17, 15) is 0 Å². The molecule has 4 heteroatoms. The monoisotopic (exact) mass is 355 g/mol. The Morgan fingerprint density at radius 3 is 2.24 bits per heavy atom. The molecule has 1 atom stereocenters. The van der Waals surface area contributed by atoms with Gasteiger partial charge < -0.3 is 15.2 Å². The standard InChI is InChI=1S/C17H26BrNO2/c1-3-6-12(7-4-2)17(19)13-10-15-16(11-14(13)18)21-9-5-8-20-15/h10-12,17H,3-9,19H2,1-2H3. The first kappa shape index (κ1) is 16.6. The van der Waals surface area contributed by atoms with E-state index in [1.54, 1.807) is 0 Å². The van der Waals surface area contributed by atoms with Gasteiger partial charge in [-0.25, -0.2) is 0 Å². The van der Waals surface area contributed by atoms with Crippen LogP contribution in [0.2, 0.25) is 0 Å². The van der Waals surface area contributed by atoms with Crippen LogP contribution < -0.4 is 15.2 Å². The van der Waals surface area contributed by atoms with Crippen LogP contribution in [0.15, 0.2) is 16.6 Å². The van der Waals surface area contributed by atoms with Gasteiger partial charge in [-0.05, 0) is 36.5 Å². The van der Waals surface area contributed by atoms with Gasteiger partial charge in [0.15, 0.2) is 11.5 Å². The van der Waals surface area contributed by atoms with Crippen molar-refractivity contribution >= 4 is 15.9 Å². The van der Waals surface area contributed by atoms with Gasteiger partial charge in [-0.15, -0.1) is 0 Å². The van der Waals surface area contributed by atoms with Gasteiger partial charge in [-0.3, -0.25) is 0 Å². The van der Waals surface area contributed by atoms with Gasteiger partial charge >= 0.3 is 0 Å². The Morgan fingerprint density at radius 2 is 1.67 bits per heavy atom. The highest BCUT2D eigenvalue weighted by atomic mass is 79.9. The van der Waals surface area contributed by atoms with Crippen LogP contribution in [0, 0.1) is 5.92 Å². The van der Waals surface area contributed by atoms with E-state index in [2.05, 4.69) is 35.8 Å². The fraction of sp³-hybridized carbons (Fsp3) is 0.647. The Bertz CT molecular complexity index is 458. The number of nitrogens with two attached hydrogens (primary N) is 1. The zero-order valence-corrected chi connectivity index (χ0v) is 14.6. The number of halogens is 1. The molecule has 0 saturated heterocycles. The SMILES string of the molecule is CCCC(CCC)C(N)c1cc2c(cc1Br)OCCCO2. The average molecular weight is 356 g/mol. The van der Waals surface area contributed by atoms with Crippen molar-refractivity contribution in [2.45, 2.75) is 52.0 Å². The fourth-order valence-corrected chi connectivity index (χ4v) is 3.54. The number of fused-ring (bicyclic) bond motifs is 1. The minimum Gasteiger partial charge on any atom is -0.490 e. The molecular formula is C17H26BrNO2. The van der Waals surface area contributed by atoms with E-state index in [4.69, 9.17) is 15.2 Å². The van der Waals surface area contributed by atoms with Crippen LogP contribution in [-0.4, -0.2) is 13.2 Å². The predicted octanol–water partition coefficient (Wildman–Crippen LogP) is 4.83. The first-order valence-corrected chi connectivity index (χ1v) is 8.81. The first-order valence-electron chi connectivity index (χ1n) is 8.02. The predicted molar refractivity (Wildman–Crippen MR) is 90.0 cm³/mol. The summed E-state index contributed by atoms with van der Waals surface area (Å²) in [6.07, 6.45) is 5.58. The van der Waals surface area contributed by atoms with Crippen LogP contribution in [0.5, 0.6) is 11.5 Å². The quantitative estimate of drug-likeness (QED) is 0.794. The van der Waals surface area contributed by atoms with Gasteiger partial charge in [0.2, 0.25) is 0 Å². The lowest BCUT2D eigenvalue weighted by molar-refractivity contribution is 0.296. The van der Waals surface area contributed by atoms with Crippen molar-refractivity contribution in [1.82, 2.24) is 0 Å². The molecule has 118 valence electrons. The molecule has 0 saturated carbocycles. The topological polar surface area (TPSA) is 44.5 Å². The van der Waals surface area contributed by atoms with E-state index in [-0.39, 0.29) is 6.04 Å². The average Bonchev–Trinajstić information content (AvgIpc) is 2.70. The van der Waals surface area contributed by atoms with E-state index >= 15 is 0 Å². The summed E-state index contributed by atoms with van der Waals surface area (Å²) < 4.78 is 12.5. The van der Waals surface area contributed by atoms with Crippen molar-refractivity contribution < 1.29 is 9.47 Å². The summed E-state index contributed by atoms with van der Waals surface area (Å²) in [4.78, 5) is 0. The largest absolute Gasteiger partial charge is 0.490 e. The third kappa shape index (κ3) is 4.13. The summed E-state index contributed by atoms with van der Waals surface area (Å²) in [6, 6.07) is 4.11. The second-order valence-corrected chi connectivity index (χ2v) is 6.59. The van der Waals surface area contributed by atoms with Crippen LogP contribution in [0.25, 0.3) is 0 Å². The molecule has 0 amide bonds. The zero-order valence-electron chi connectivity index (χ0n) is 13.0. The van der Waals surface area contributed by atoms with Crippen molar-refractivity contribution in [3.05, 3.63) is 22.2 Å². The highest BCUT2D eigenvalue weighted by Gasteiger charge is 2.23. The molecule has 2 rings (SSSR count). The van der Waals surface area contributed by atoms with Crippen molar-refractivity contribution in [3.8, 4) is 11.5 Å². The lowest BCUT2D eigenvalue weighted by Crippen LogP contribution is -2.22. The lowest BCUT2D eigenvalue weighted by atomic mass is 9.86. The molecule has 0 bridgehead atoms. The number of ether oxygens (including phenoxy) is 2. The van der Waals surface area contributed by atoms with Gasteiger partial charge in [0.1, 0.15) is 0 Å². The van der Waals surface area contributed by atoms with E-state index in [0.29, 0.717) is 19.1 Å². The maximum atomic E-state index is 6.56. The van der Waals surface area contributed by atoms with Crippen LogP contribution in [0.3, 0.4) is 0 Å². The fourth-order valence-electron chi connectivity index (χ4n) is 2.95. The minimum atomic E-state index is 0.0384. The highest BCUT2D eigenvalue weighted by Crippen LogP contribution is 2.40. The third-order valence-electron chi connectivity index (χ3n) is 4.05. The molecule has 0 radical (unpaired) electrons. The molecule has 1 aliphatic heterocycles. The molecule has 1 aromatic carbocycles. The van der Waals surface area contributed by atoms with Crippen molar-refractivity contribution in [2.75, 3.05) is 13.2 Å². The third-order valence-corrected chi connectivity index (χ3v) is 4.74. The number of hydrogen-bond donors (Lipinski definition) is 1. The molecule has 21 heavy (non-hydrogen) atoms. The Balaban J connectivity index is 2.27. The van der Waals surface area contributed by atoms with Crippen molar-refractivity contribution in [2.24, 2.45) is 11.7 Å². The lowest BCUT2D eigenvalue weighted by Gasteiger charge is -2.25. The van der Waals surface area contributed by atoms with E-state index < -0.39 is 0 Å². The molecule has 3 nitrogen and oxygen atoms in total. The zero-order chi connectivity index (χ0) is 15.2. The molecule has 0 fully saturated rings. The summed E-state index contributed by atoms with van der Waals surface area (Å²) in [7, 11) is 0. The molecule has 0 aromatic heterocycles. The molecular weight excluding hydrogens is 330 g/mol. The van der Waals surface area contributed by atoms with E-state index in [1.165, 1.54) is 12.8 Å². The summed E-state index contributed by atoms with van der Waals surface area (Å²) >= 11 is 3.66. The van der Waals surface area contributed by atoms with Crippen LogP contribution in [-0.2, 0) is 0 Å². The Kier molecular flexibility index (Phi) is 6.37. The van der Waals surface area contributed by atoms with Crippen LogP contribution >= 0.6 is 15.9 Å². The molecule has 0 aliphatic carbocycles. The molecule has 1 heterocycles. The normalized spacial score (nSPS) is 15.9. The Morgan fingerprint density at radius 1 is 1.10 bits per heavy atom. The van der Waals surface area contributed by atoms with E-state index in [1.807, 2.05) is 6.07 Å². The Hall–Kier alpha value is -0.740. The number of rotatable bonds is 6. The molecule has 1 aromatic rings. The second-order valence-electron chi connectivity index (χ2n) is 5.73. The van der Waals surface area contributed by atoms with Crippen LogP contribution in [0.4, 0.5) is 0 Å². The number of benzene rings is 1. The van der Waals surface area contributed by atoms with Crippen molar-refractivity contribution in [1.29, 1.82) is 0 Å². The second kappa shape index (κ2) is 8.04. The summed E-state index contributed by atoms with van der Waals surface area (Å²) in [5.41, 5.74) is 7.69. The first-order chi connectivity index (χ1) is 10.2. The summed E-state index contributed by atoms with van der Waals surface area (Å²) in [5, 5.41) is 0. The van der Waals surface area contributed by atoms with Gasteiger partial charge in [-0.1, -0.05) is 42.6 Å². The number of hydrogen-bond acceptors (Lipinski definition) is 3.